The Morgan fingerprint density at radius 1 is 1.30 bits per heavy atom. The van der Waals surface area contributed by atoms with Crippen LogP contribution in [0.3, 0.4) is 0 Å². The summed E-state index contributed by atoms with van der Waals surface area (Å²) in [5.41, 5.74) is 1.75. The standard InChI is InChI=1S/C22H24ClN3O4/c1-5-19(27)26-10-12(11-26)24-20(28)16-6-7-17(29-16)21-25-15-8-13(22(2,3)4)14(23)9-18(15)30-21/h5-9,12,21,25H,1,10-11H2,2-4H3,(H,24,28). The highest BCUT2D eigenvalue weighted by Gasteiger charge is 2.33. The summed E-state index contributed by atoms with van der Waals surface area (Å²) in [5.74, 6) is 0.849. The Morgan fingerprint density at radius 2 is 2.03 bits per heavy atom. The number of carbonyl (C=O) groups excluding carboxylic acids is 2. The van der Waals surface area contributed by atoms with Crippen molar-refractivity contribution in [3.05, 3.63) is 59.0 Å². The molecule has 1 aromatic carbocycles. The van der Waals surface area contributed by atoms with Crippen LogP contribution in [-0.4, -0.2) is 35.8 Å². The van der Waals surface area contributed by atoms with Gasteiger partial charge in [-0.3, -0.25) is 9.59 Å². The van der Waals surface area contributed by atoms with Crippen molar-refractivity contribution in [2.45, 2.75) is 38.5 Å². The molecular weight excluding hydrogens is 406 g/mol. The zero-order valence-electron chi connectivity index (χ0n) is 17.1. The molecule has 2 N–H and O–H groups in total. The van der Waals surface area contributed by atoms with E-state index >= 15 is 0 Å². The molecule has 158 valence electrons. The zero-order valence-corrected chi connectivity index (χ0v) is 17.9. The Bertz CT molecular complexity index is 1020. The number of likely N-dealkylation sites (tertiary alicyclic amines) is 1. The van der Waals surface area contributed by atoms with Gasteiger partial charge >= 0.3 is 0 Å². The molecule has 7 nitrogen and oxygen atoms in total. The van der Waals surface area contributed by atoms with Crippen molar-refractivity contribution in [3.63, 3.8) is 0 Å². The lowest BCUT2D eigenvalue weighted by molar-refractivity contribution is -0.130. The van der Waals surface area contributed by atoms with Gasteiger partial charge in [-0.15, -0.1) is 0 Å². The Kier molecular flexibility index (Phi) is 5.02. The van der Waals surface area contributed by atoms with Crippen molar-refractivity contribution in [1.82, 2.24) is 10.2 Å². The van der Waals surface area contributed by atoms with Crippen LogP contribution < -0.4 is 15.4 Å². The number of nitrogens with one attached hydrogen (secondary N) is 2. The third-order valence-corrected chi connectivity index (χ3v) is 5.53. The third-order valence-electron chi connectivity index (χ3n) is 5.22. The predicted molar refractivity (Wildman–Crippen MR) is 114 cm³/mol. The fourth-order valence-corrected chi connectivity index (χ4v) is 3.96. The molecule has 1 saturated heterocycles. The number of carbonyl (C=O) groups is 2. The molecule has 2 amide bonds. The highest BCUT2D eigenvalue weighted by Crippen LogP contribution is 2.44. The summed E-state index contributed by atoms with van der Waals surface area (Å²) in [6.07, 6.45) is 0.721. The highest BCUT2D eigenvalue weighted by atomic mass is 35.5. The van der Waals surface area contributed by atoms with Crippen molar-refractivity contribution < 1.29 is 18.7 Å². The van der Waals surface area contributed by atoms with Crippen LogP contribution in [0.4, 0.5) is 5.69 Å². The van der Waals surface area contributed by atoms with Crippen LogP contribution in [0, 0.1) is 0 Å². The van der Waals surface area contributed by atoms with Gasteiger partial charge in [0.25, 0.3) is 5.91 Å². The first-order valence-corrected chi connectivity index (χ1v) is 10.1. The molecule has 1 aromatic heterocycles. The lowest BCUT2D eigenvalue weighted by atomic mass is 9.86. The van der Waals surface area contributed by atoms with Gasteiger partial charge in [0.1, 0.15) is 5.75 Å². The van der Waals surface area contributed by atoms with E-state index in [4.69, 9.17) is 20.8 Å². The second-order valence-electron chi connectivity index (χ2n) is 8.54. The average Bonchev–Trinajstić information content (AvgIpc) is 3.28. The molecule has 2 aliphatic heterocycles. The molecule has 2 aromatic rings. The van der Waals surface area contributed by atoms with E-state index in [-0.39, 0.29) is 29.0 Å². The Balaban J connectivity index is 1.40. The third kappa shape index (κ3) is 3.77. The summed E-state index contributed by atoms with van der Waals surface area (Å²) >= 11 is 6.42. The van der Waals surface area contributed by atoms with Gasteiger partial charge in [-0.05, 0) is 35.3 Å². The molecule has 1 fully saturated rings. The van der Waals surface area contributed by atoms with Crippen molar-refractivity contribution >= 4 is 29.1 Å². The number of anilines is 1. The zero-order chi connectivity index (χ0) is 21.6. The maximum absolute atomic E-state index is 12.4. The molecule has 2 aliphatic rings. The number of hydrogen-bond acceptors (Lipinski definition) is 5. The summed E-state index contributed by atoms with van der Waals surface area (Å²) in [6, 6.07) is 7.00. The van der Waals surface area contributed by atoms with Crippen molar-refractivity contribution in [2.24, 2.45) is 0 Å². The summed E-state index contributed by atoms with van der Waals surface area (Å²) < 4.78 is 11.7. The molecule has 0 radical (unpaired) electrons. The van der Waals surface area contributed by atoms with E-state index < -0.39 is 6.23 Å². The smallest absolute Gasteiger partial charge is 0.287 e. The van der Waals surface area contributed by atoms with E-state index in [2.05, 4.69) is 38.0 Å². The number of hydrogen-bond donors (Lipinski definition) is 2. The normalized spacial score (nSPS) is 18.1. The van der Waals surface area contributed by atoms with Crippen molar-refractivity contribution in [1.29, 1.82) is 0 Å². The van der Waals surface area contributed by atoms with Crippen LogP contribution in [-0.2, 0) is 10.2 Å². The molecule has 0 bridgehead atoms. The first-order valence-electron chi connectivity index (χ1n) is 9.75. The summed E-state index contributed by atoms with van der Waals surface area (Å²) in [7, 11) is 0. The molecule has 4 rings (SSSR count). The van der Waals surface area contributed by atoms with Gasteiger partial charge in [-0.1, -0.05) is 39.0 Å². The molecule has 1 atom stereocenters. The molecular formula is C22H24ClN3O4. The van der Waals surface area contributed by atoms with Crippen LogP contribution in [0.5, 0.6) is 5.75 Å². The number of furan rings is 1. The van der Waals surface area contributed by atoms with E-state index in [1.807, 2.05) is 6.07 Å². The Morgan fingerprint density at radius 3 is 2.70 bits per heavy atom. The Hall–Kier alpha value is -2.93. The van der Waals surface area contributed by atoms with Crippen molar-refractivity contribution in [2.75, 3.05) is 18.4 Å². The maximum Gasteiger partial charge on any atom is 0.287 e. The number of amides is 2. The fourth-order valence-electron chi connectivity index (χ4n) is 3.52. The van der Waals surface area contributed by atoms with Gasteiger partial charge in [0.15, 0.2) is 11.5 Å². The van der Waals surface area contributed by atoms with E-state index in [1.165, 1.54) is 6.08 Å². The van der Waals surface area contributed by atoms with Crippen molar-refractivity contribution in [3.8, 4) is 5.75 Å². The van der Waals surface area contributed by atoms with Gasteiger partial charge in [0, 0.05) is 24.2 Å². The van der Waals surface area contributed by atoms with Crippen LogP contribution >= 0.6 is 11.6 Å². The SMILES string of the molecule is C=CC(=O)N1CC(NC(=O)c2ccc(C3Nc4cc(C(C)(C)C)c(Cl)cc4O3)o2)C1. The molecule has 0 spiro atoms. The quantitative estimate of drug-likeness (QED) is 0.721. The second-order valence-corrected chi connectivity index (χ2v) is 8.95. The average molecular weight is 430 g/mol. The second kappa shape index (κ2) is 7.40. The summed E-state index contributed by atoms with van der Waals surface area (Å²) in [5, 5.41) is 6.77. The minimum atomic E-state index is -0.544. The van der Waals surface area contributed by atoms with E-state index in [1.54, 1.807) is 23.1 Å². The monoisotopic (exact) mass is 429 g/mol. The number of fused-ring (bicyclic) bond motifs is 1. The molecule has 3 heterocycles. The van der Waals surface area contributed by atoms with E-state index in [0.29, 0.717) is 29.6 Å². The number of halogens is 1. The molecule has 8 heteroatoms. The minimum Gasteiger partial charge on any atom is -0.461 e. The van der Waals surface area contributed by atoms with Crippen LogP contribution in [0.15, 0.2) is 41.3 Å². The summed E-state index contributed by atoms with van der Waals surface area (Å²) in [6.45, 7) is 10.7. The van der Waals surface area contributed by atoms with Crippen LogP contribution in [0.1, 0.15) is 48.9 Å². The van der Waals surface area contributed by atoms with Crippen LogP contribution in [0.2, 0.25) is 5.02 Å². The predicted octanol–water partition coefficient (Wildman–Crippen LogP) is 3.86. The van der Waals surface area contributed by atoms with Crippen LogP contribution in [0.25, 0.3) is 0 Å². The van der Waals surface area contributed by atoms with Gasteiger partial charge in [0.2, 0.25) is 12.1 Å². The molecule has 1 unspecified atom stereocenters. The molecule has 0 aliphatic carbocycles. The molecule has 0 saturated carbocycles. The first kappa shape index (κ1) is 20.3. The topological polar surface area (TPSA) is 83.8 Å². The van der Waals surface area contributed by atoms with Gasteiger partial charge in [-0.2, -0.15) is 0 Å². The largest absolute Gasteiger partial charge is 0.461 e. The number of nitrogens with zero attached hydrogens (tertiary/aromatic N) is 1. The number of benzene rings is 1. The Labute approximate surface area is 180 Å². The lowest BCUT2D eigenvalue weighted by Crippen LogP contribution is -2.60. The van der Waals surface area contributed by atoms with Gasteiger partial charge < -0.3 is 24.7 Å². The highest BCUT2D eigenvalue weighted by molar-refractivity contribution is 6.31. The fraction of sp³-hybridized carbons (Fsp3) is 0.364. The molecule has 30 heavy (non-hydrogen) atoms. The van der Waals surface area contributed by atoms with E-state index in [9.17, 15) is 9.59 Å². The lowest BCUT2D eigenvalue weighted by Gasteiger charge is -2.38. The van der Waals surface area contributed by atoms with Gasteiger partial charge in [-0.25, -0.2) is 0 Å². The maximum atomic E-state index is 12.4. The van der Waals surface area contributed by atoms with E-state index in [0.717, 1.165) is 11.3 Å². The van der Waals surface area contributed by atoms with Gasteiger partial charge in [0.05, 0.1) is 11.7 Å². The summed E-state index contributed by atoms with van der Waals surface area (Å²) in [4.78, 5) is 25.5. The number of ether oxygens (including phenoxy) is 1. The number of rotatable bonds is 4. The minimum absolute atomic E-state index is 0.0991. The first-order chi connectivity index (χ1) is 14.2.